The van der Waals surface area contributed by atoms with Gasteiger partial charge >= 0.3 is 0 Å². The Labute approximate surface area is 95.7 Å². The third-order valence-corrected chi connectivity index (χ3v) is 2.42. The number of hydrogen-bond acceptors (Lipinski definition) is 2. The average molecular weight is 216 g/mol. The highest BCUT2D eigenvalue weighted by molar-refractivity contribution is 5.36. The number of hydrogen-bond donors (Lipinski definition) is 0. The van der Waals surface area contributed by atoms with Gasteiger partial charge in [0.25, 0.3) is 0 Å². The molecule has 3 nitrogen and oxygen atoms in total. The number of aromatic nitrogens is 2. The van der Waals surface area contributed by atoms with Gasteiger partial charge in [-0.25, -0.2) is 4.68 Å². The summed E-state index contributed by atoms with van der Waals surface area (Å²) in [6.45, 7) is 4.78. The summed E-state index contributed by atoms with van der Waals surface area (Å²) in [5, 5.41) is 4.45. The van der Waals surface area contributed by atoms with Gasteiger partial charge in [-0.2, -0.15) is 5.10 Å². The predicted octanol–water partition coefficient (Wildman–Crippen LogP) is 2.83. The lowest BCUT2D eigenvalue weighted by Crippen LogP contribution is -1.96. The molecule has 1 aromatic carbocycles. The molecule has 0 aliphatic carbocycles. The van der Waals surface area contributed by atoms with Crippen LogP contribution < -0.4 is 4.74 Å². The van der Waals surface area contributed by atoms with Crippen molar-refractivity contribution in [1.29, 1.82) is 0 Å². The highest BCUT2D eigenvalue weighted by Crippen LogP contribution is 2.15. The van der Waals surface area contributed by atoms with E-state index in [1.165, 1.54) is 0 Å². The zero-order chi connectivity index (χ0) is 11.4. The molecule has 1 heterocycles. The van der Waals surface area contributed by atoms with Gasteiger partial charge in [0.05, 0.1) is 18.0 Å². The Bertz CT molecular complexity index is 445. The van der Waals surface area contributed by atoms with Crippen LogP contribution in [0.15, 0.2) is 36.5 Å². The molecule has 3 heteroatoms. The van der Waals surface area contributed by atoms with Crippen LogP contribution in [-0.2, 0) is 6.42 Å². The van der Waals surface area contributed by atoms with Gasteiger partial charge in [0, 0.05) is 6.20 Å². The van der Waals surface area contributed by atoms with E-state index in [-0.39, 0.29) is 0 Å². The molecule has 2 aromatic rings. The molecule has 16 heavy (non-hydrogen) atoms. The van der Waals surface area contributed by atoms with Crippen molar-refractivity contribution in [2.75, 3.05) is 6.61 Å². The maximum atomic E-state index is 5.39. The molecule has 0 amide bonds. The van der Waals surface area contributed by atoms with Crippen molar-refractivity contribution in [3.8, 4) is 11.4 Å². The van der Waals surface area contributed by atoms with E-state index in [1.807, 2.05) is 48.1 Å². The standard InChI is InChI=1S/C13H16N2O/c1-3-11-9-10-15(14-11)12-5-7-13(8-6-12)16-4-2/h5-10H,3-4H2,1-2H3. The first-order valence-corrected chi connectivity index (χ1v) is 5.61. The molecule has 0 saturated carbocycles. The smallest absolute Gasteiger partial charge is 0.119 e. The van der Waals surface area contributed by atoms with E-state index in [0.717, 1.165) is 23.6 Å². The Morgan fingerprint density at radius 1 is 1.12 bits per heavy atom. The second kappa shape index (κ2) is 4.84. The van der Waals surface area contributed by atoms with Gasteiger partial charge in [-0.1, -0.05) is 6.92 Å². The lowest BCUT2D eigenvalue weighted by atomic mass is 10.3. The number of rotatable bonds is 4. The average Bonchev–Trinajstić information content (AvgIpc) is 2.79. The van der Waals surface area contributed by atoms with Gasteiger partial charge < -0.3 is 4.74 Å². The minimum atomic E-state index is 0.696. The zero-order valence-corrected chi connectivity index (χ0v) is 9.68. The van der Waals surface area contributed by atoms with Crippen molar-refractivity contribution in [2.24, 2.45) is 0 Å². The molecular formula is C13H16N2O. The largest absolute Gasteiger partial charge is 0.494 e. The highest BCUT2D eigenvalue weighted by Gasteiger charge is 1.99. The molecule has 0 fully saturated rings. The summed E-state index contributed by atoms with van der Waals surface area (Å²) in [5.74, 6) is 0.897. The van der Waals surface area contributed by atoms with Gasteiger partial charge in [-0.05, 0) is 43.7 Å². The Kier molecular flexibility index (Phi) is 3.25. The fourth-order valence-corrected chi connectivity index (χ4v) is 1.56. The van der Waals surface area contributed by atoms with Crippen LogP contribution in [0.5, 0.6) is 5.75 Å². The van der Waals surface area contributed by atoms with Crippen molar-refractivity contribution < 1.29 is 4.74 Å². The minimum Gasteiger partial charge on any atom is -0.494 e. The van der Waals surface area contributed by atoms with E-state index in [0.29, 0.717) is 6.61 Å². The quantitative estimate of drug-likeness (QED) is 0.785. The molecule has 2 rings (SSSR count). The van der Waals surface area contributed by atoms with E-state index in [1.54, 1.807) is 0 Å². The van der Waals surface area contributed by atoms with Crippen molar-refractivity contribution in [3.63, 3.8) is 0 Å². The number of benzene rings is 1. The molecule has 0 radical (unpaired) electrons. The summed E-state index contributed by atoms with van der Waals surface area (Å²) in [4.78, 5) is 0. The highest BCUT2D eigenvalue weighted by atomic mass is 16.5. The van der Waals surface area contributed by atoms with Gasteiger partial charge in [-0.15, -0.1) is 0 Å². The first-order valence-electron chi connectivity index (χ1n) is 5.61. The molecule has 0 aliphatic heterocycles. The van der Waals surface area contributed by atoms with Gasteiger partial charge in [0.1, 0.15) is 5.75 Å². The van der Waals surface area contributed by atoms with Gasteiger partial charge in [0.15, 0.2) is 0 Å². The lowest BCUT2D eigenvalue weighted by molar-refractivity contribution is 0.340. The Morgan fingerprint density at radius 2 is 1.88 bits per heavy atom. The molecule has 0 spiro atoms. The van der Waals surface area contributed by atoms with E-state index < -0.39 is 0 Å². The van der Waals surface area contributed by atoms with E-state index in [2.05, 4.69) is 12.0 Å². The maximum absolute atomic E-state index is 5.39. The number of nitrogens with zero attached hydrogens (tertiary/aromatic N) is 2. The lowest BCUT2D eigenvalue weighted by Gasteiger charge is -2.04. The summed E-state index contributed by atoms with van der Waals surface area (Å²) in [7, 11) is 0. The third-order valence-electron chi connectivity index (χ3n) is 2.42. The molecule has 0 atom stereocenters. The summed E-state index contributed by atoms with van der Waals surface area (Å²) in [6.07, 6.45) is 2.94. The molecular weight excluding hydrogens is 200 g/mol. The summed E-state index contributed by atoms with van der Waals surface area (Å²) in [6, 6.07) is 9.99. The fourth-order valence-electron chi connectivity index (χ4n) is 1.56. The van der Waals surface area contributed by atoms with Crippen molar-refractivity contribution >= 4 is 0 Å². The van der Waals surface area contributed by atoms with E-state index in [4.69, 9.17) is 4.74 Å². The zero-order valence-electron chi connectivity index (χ0n) is 9.68. The second-order valence-electron chi connectivity index (χ2n) is 3.53. The number of aryl methyl sites for hydroxylation is 1. The first-order chi connectivity index (χ1) is 7.83. The van der Waals surface area contributed by atoms with Crippen molar-refractivity contribution in [3.05, 3.63) is 42.2 Å². The van der Waals surface area contributed by atoms with E-state index >= 15 is 0 Å². The van der Waals surface area contributed by atoms with Crippen LogP contribution in [0.3, 0.4) is 0 Å². The van der Waals surface area contributed by atoms with Gasteiger partial charge in [0.2, 0.25) is 0 Å². The predicted molar refractivity (Wildman–Crippen MR) is 64.1 cm³/mol. The van der Waals surface area contributed by atoms with Crippen LogP contribution in [0.2, 0.25) is 0 Å². The summed E-state index contributed by atoms with van der Waals surface area (Å²) < 4.78 is 7.28. The number of ether oxygens (including phenoxy) is 1. The maximum Gasteiger partial charge on any atom is 0.119 e. The van der Waals surface area contributed by atoms with Crippen LogP contribution in [0.4, 0.5) is 0 Å². The van der Waals surface area contributed by atoms with Gasteiger partial charge in [-0.3, -0.25) is 0 Å². The Balaban J connectivity index is 2.20. The summed E-state index contributed by atoms with van der Waals surface area (Å²) in [5.41, 5.74) is 2.16. The van der Waals surface area contributed by atoms with Crippen LogP contribution in [0, 0.1) is 0 Å². The van der Waals surface area contributed by atoms with E-state index in [9.17, 15) is 0 Å². The SMILES string of the molecule is CCOc1ccc(-n2ccc(CC)n2)cc1. The normalized spacial score (nSPS) is 10.4. The molecule has 1 aromatic heterocycles. The molecule has 0 unspecified atom stereocenters. The Morgan fingerprint density at radius 3 is 2.44 bits per heavy atom. The van der Waals surface area contributed by atoms with Crippen LogP contribution in [0.1, 0.15) is 19.5 Å². The van der Waals surface area contributed by atoms with Crippen LogP contribution in [-0.4, -0.2) is 16.4 Å². The molecule has 0 N–H and O–H groups in total. The third kappa shape index (κ3) is 2.24. The Hall–Kier alpha value is -1.77. The minimum absolute atomic E-state index is 0.696. The van der Waals surface area contributed by atoms with Crippen LogP contribution in [0.25, 0.3) is 5.69 Å². The molecule has 0 bridgehead atoms. The summed E-state index contributed by atoms with van der Waals surface area (Å²) >= 11 is 0. The van der Waals surface area contributed by atoms with Crippen molar-refractivity contribution in [1.82, 2.24) is 9.78 Å². The topological polar surface area (TPSA) is 27.1 Å². The monoisotopic (exact) mass is 216 g/mol. The fraction of sp³-hybridized carbons (Fsp3) is 0.308. The second-order valence-corrected chi connectivity index (χ2v) is 3.53. The van der Waals surface area contributed by atoms with Crippen LogP contribution >= 0.6 is 0 Å². The molecule has 84 valence electrons. The molecule has 0 aliphatic rings. The molecule has 0 saturated heterocycles. The first kappa shape index (κ1) is 10.7. The van der Waals surface area contributed by atoms with Crippen molar-refractivity contribution in [2.45, 2.75) is 20.3 Å².